The van der Waals surface area contributed by atoms with Crippen LogP contribution in [0.4, 0.5) is 0 Å². The first-order chi connectivity index (χ1) is 17.1. The zero-order chi connectivity index (χ0) is 24.4. The number of rotatable bonds is 7. The topological polar surface area (TPSA) is 81.4 Å². The molecule has 0 bridgehead atoms. The van der Waals surface area contributed by atoms with Gasteiger partial charge >= 0.3 is 0 Å². The van der Waals surface area contributed by atoms with Crippen LogP contribution in [-0.4, -0.2) is 50.3 Å². The second kappa shape index (κ2) is 10.1. The number of likely N-dealkylation sites (tertiary alicyclic amines) is 1. The maximum Gasteiger partial charge on any atom is 0.270 e. The third-order valence-electron chi connectivity index (χ3n) is 7.34. The molecule has 1 N–H and O–H groups in total. The lowest BCUT2D eigenvalue weighted by Crippen LogP contribution is -2.41. The van der Waals surface area contributed by atoms with Crippen molar-refractivity contribution in [3.8, 4) is 0 Å². The number of nitrogens with zero attached hydrogens (tertiary/aromatic N) is 4. The van der Waals surface area contributed by atoms with Crippen molar-refractivity contribution >= 4 is 11.8 Å². The fourth-order valence-corrected chi connectivity index (χ4v) is 5.43. The van der Waals surface area contributed by atoms with Gasteiger partial charge < -0.3 is 19.5 Å². The van der Waals surface area contributed by atoms with Crippen LogP contribution in [0.2, 0.25) is 0 Å². The SMILES string of the molecule is CCC(NC(=O)c1cc(C(=O)N2CCCC2C(C)n2cccn2)n2c1COCC2)c1ccccc1. The Labute approximate surface area is 205 Å². The Balaban J connectivity index is 1.42. The number of hydrogen-bond acceptors (Lipinski definition) is 4. The molecule has 2 aliphatic heterocycles. The largest absolute Gasteiger partial charge is 0.373 e. The normalized spacial score (nSPS) is 19.3. The predicted molar refractivity (Wildman–Crippen MR) is 132 cm³/mol. The van der Waals surface area contributed by atoms with Gasteiger partial charge in [-0.25, -0.2) is 0 Å². The number of hydrogen-bond donors (Lipinski definition) is 1. The molecule has 0 saturated carbocycles. The molecule has 35 heavy (non-hydrogen) atoms. The van der Waals surface area contributed by atoms with E-state index in [4.69, 9.17) is 4.74 Å². The van der Waals surface area contributed by atoms with E-state index in [1.54, 1.807) is 12.3 Å². The van der Waals surface area contributed by atoms with Crippen LogP contribution < -0.4 is 5.32 Å². The summed E-state index contributed by atoms with van der Waals surface area (Å²) in [5.74, 6) is -0.194. The first-order valence-corrected chi connectivity index (χ1v) is 12.5. The summed E-state index contributed by atoms with van der Waals surface area (Å²) in [7, 11) is 0. The molecule has 3 aromatic rings. The highest BCUT2D eigenvalue weighted by molar-refractivity contribution is 6.01. The highest BCUT2D eigenvalue weighted by Gasteiger charge is 2.37. The van der Waals surface area contributed by atoms with Gasteiger partial charge in [-0.1, -0.05) is 37.3 Å². The van der Waals surface area contributed by atoms with Crippen molar-refractivity contribution < 1.29 is 14.3 Å². The number of benzene rings is 1. The number of ether oxygens (including phenoxy) is 1. The third kappa shape index (κ3) is 4.50. The van der Waals surface area contributed by atoms with Crippen molar-refractivity contribution in [2.45, 2.75) is 64.4 Å². The molecule has 8 heteroatoms. The molecule has 0 spiro atoms. The van der Waals surface area contributed by atoms with E-state index in [1.807, 2.05) is 56.7 Å². The summed E-state index contributed by atoms with van der Waals surface area (Å²) in [4.78, 5) is 29.2. The van der Waals surface area contributed by atoms with Crippen LogP contribution in [0.25, 0.3) is 0 Å². The minimum atomic E-state index is -0.170. The Morgan fingerprint density at radius 3 is 2.77 bits per heavy atom. The van der Waals surface area contributed by atoms with Crippen LogP contribution in [0.15, 0.2) is 54.9 Å². The van der Waals surface area contributed by atoms with E-state index in [1.165, 1.54) is 0 Å². The standard InChI is InChI=1S/C27H33N5O3/c1-3-22(20-9-5-4-6-10-20)29-26(33)21-17-24(30-15-16-35-18-25(21)30)27(34)31-13-7-11-23(31)19(2)32-14-8-12-28-32/h4-6,8-10,12,14,17,19,22-23H,3,7,11,13,15-16,18H2,1-2H3,(H,29,33). The van der Waals surface area contributed by atoms with E-state index in [-0.39, 0.29) is 29.9 Å². The van der Waals surface area contributed by atoms with Crippen LogP contribution in [0.5, 0.6) is 0 Å². The maximum absolute atomic E-state index is 13.8. The summed E-state index contributed by atoms with van der Waals surface area (Å²) in [6.07, 6.45) is 6.38. The third-order valence-corrected chi connectivity index (χ3v) is 7.34. The van der Waals surface area contributed by atoms with E-state index in [2.05, 4.69) is 24.3 Å². The molecule has 1 saturated heterocycles. The van der Waals surface area contributed by atoms with Crippen molar-refractivity contribution in [2.75, 3.05) is 13.2 Å². The first-order valence-electron chi connectivity index (χ1n) is 12.5. The zero-order valence-electron chi connectivity index (χ0n) is 20.4. The van der Waals surface area contributed by atoms with Gasteiger partial charge in [-0.05, 0) is 43.9 Å². The smallest absolute Gasteiger partial charge is 0.270 e. The van der Waals surface area contributed by atoms with E-state index in [9.17, 15) is 9.59 Å². The molecule has 2 aromatic heterocycles. The number of amides is 2. The molecular weight excluding hydrogens is 442 g/mol. The van der Waals surface area contributed by atoms with Gasteiger partial charge in [0.25, 0.3) is 11.8 Å². The molecule has 0 aliphatic carbocycles. The van der Waals surface area contributed by atoms with Gasteiger partial charge in [0.2, 0.25) is 0 Å². The second-order valence-corrected chi connectivity index (χ2v) is 9.37. The van der Waals surface area contributed by atoms with Crippen LogP contribution in [0.1, 0.15) is 77.3 Å². The summed E-state index contributed by atoms with van der Waals surface area (Å²) in [6.45, 7) is 6.28. The molecule has 184 valence electrons. The number of carbonyl (C=O) groups is 2. The summed E-state index contributed by atoms with van der Waals surface area (Å²) in [5, 5.41) is 7.56. The van der Waals surface area contributed by atoms with Gasteiger partial charge in [-0.15, -0.1) is 0 Å². The van der Waals surface area contributed by atoms with E-state index in [0.29, 0.717) is 37.6 Å². The van der Waals surface area contributed by atoms with Gasteiger partial charge in [0.1, 0.15) is 5.69 Å². The molecule has 2 aliphatic rings. The number of nitrogens with one attached hydrogen (secondary N) is 1. The number of fused-ring (bicyclic) bond motifs is 1. The molecule has 3 atom stereocenters. The quantitative estimate of drug-likeness (QED) is 0.561. The van der Waals surface area contributed by atoms with Gasteiger partial charge in [0.05, 0.1) is 42.6 Å². The van der Waals surface area contributed by atoms with Crippen LogP contribution >= 0.6 is 0 Å². The average molecular weight is 476 g/mol. The fraction of sp³-hybridized carbons (Fsp3) is 0.444. The van der Waals surface area contributed by atoms with Gasteiger partial charge in [0.15, 0.2) is 0 Å². The van der Waals surface area contributed by atoms with Crippen molar-refractivity contribution in [1.82, 2.24) is 24.6 Å². The van der Waals surface area contributed by atoms with Crippen molar-refractivity contribution in [2.24, 2.45) is 0 Å². The Morgan fingerprint density at radius 1 is 1.20 bits per heavy atom. The minimum Gasteiger partial charge on any atom is -0.373 e. The Kier molecular flexibility index (Phi) is 6.72. The molecule has 3 unspecified atom stereocenters. The predicted octanol–water partition coefficient (Wildman–Crippen LogP) is 3.96. The molecule has 1 fully saturated rings. The molecular formula is C27H33N5O3. The highest BCUT2D eigenvalue weighted by atomic mass is 16.5. The summed E-state index contributed by atoms with van der Waals surface area (Å²) in [6, 6.07) is 13.7. The van der Waals surface area contributed by atoms with Crippen LogP contribution in [0.3, 0.4) is 0 Å². The average Bonchev–Trinajstić information content (AvgIpc) is 3.66. The van der Waals surface area contributed by atoms with Crippen molar-refractivity contribution in [1.29, 1.82) is 0 Å². The van der Waals surface area contributed by atoms with Crippen molar-refractivity contribution in [3.05, 3.63) is 77.4 Å². The van der Waals surface area contributed by atoms with E-state index < -0.39 is 0 Å². The molecule has 5 rings (SSSR count). The molecule has 4 heterocycles. The Morgan fingerprint density at radius 2 is 2.03 bits per heavy atom. The second-order valence-electron chi connectivity index (χ2n) is 9.37. The highest BCUT2D eigenvalue weighted by Crippen LogP contribution is 2.30. The lowest BCUT2D eigenvalue weighted by Gasteiger charge is -2.30. The minimum absolute atomic E-state index is 0.0243. The number of aromatic nitrogens is 3. The fourth-order valence-electron chi connectivity index (χ4n) is 5.43. The summed E-state index contributed by atoms with van der Waals surface area (Å²) in [5.41, 5.74) is 2.94. The molecule has 0 radical (unpaired) electrons. The van der Waals surface area contributed by atoms with Crippen molar-refractivity contribution in [3.63, 3.8) is 0 Å². The molecule has 1 aromatic carbocycles. The Hall–Kier alpha value is -3.39. The summed E-state index contributed by atoms with van der Waals surface area (Å²) >= 11 is 0. The lowest BCUT2D eigenvalue weighted by atomic mass is 10.0. The maximum atomic E-state index is 13.8. The molecule has 2 amide bonds. The number of carbonyl (C=O) groups excluding carboxylic acids is 2. The summed E-state index contributed by atoms with van der Waals surface area (Å²) < 4.78 is 9.60. The van der Waals surface area contributed by atoms with Gasteiger partial charge in [0, 0.05) is 25.5 Å². The monoisotopic (exact) mass is 475 g/mol. The van der Waals surface area contributed by atoms with Crippen LogP contribution in [-0.2, 0) is 17.9 Å². The van der Waals surface area contributed by atoms with Gasteiger partial charge in [-0.3, -0.25) is 14.3 Å². The molecule has 8 nitrogen and oxygen atoms in total. The zero-order valence-corrected chi connectivity index (χ0v) is 20.4. The van der Waals surface area contributed by atoms with Gasteiger partial charge in [-0.2, -0.15) is 5.10 Å². The first kappa shape index (κ1) is 23.4. The Bertz CT molecular complexity index is 1170. The van der Waals surface area contributed by atoms with E-state index >= 15 is 0 Å². The van der Waals surface area contributed by atoms with Crippen LogP contribution in [0, 0.1) is 0 Å². The van der Waals surface area contributed by atoms with E-state index in [0.717, 1.165) is 30.5 Å². The lowest BCUT2D eigenvalue weighted by molar-refractivity contribution is 0.0642.